The third-order valence-corrected chi connectivity index (χ3v) is 4.88. The van der Waals surface area contributed by atoms with Crippen molar-refractivity contribution in [1.29, 1.82) is 0 Å². The maximum atomic E-state index is 13.2. The number of benzene rings is 2. The molecule has 0 unspecified atom stereocenters. The van der Waals surface area contributed by atoms with E-state index in [0.717, 1.165) is 24.8 Å². The highest BCUT2D eigenvalue weighted by Crippen LogP contribution is 2.42. The fourth-order valence-corrected chi connectivity index (χ4v) is 3.29. The smallest absolute Gasteiger partial charge is 0.252 e. The average Bonchev–Trinajstić information content (AvgIpc) is 2.63. The number of amides is 1. The van der Waals surface area contributed by atoms with Crippen molar-refractivity contribution >= 4 is 5.91 Å². The molecule has 1 aliphatic rings. The Bertz CT molecular complexity index is 775. The zero-order chi connectivity index (χ0) is 18.7. The van der Waals surface area contributed by atoms with E-state index in [4.69, 9.17) is 14.2 Å². The lowest BCUT2D eigenvalue weighted by atomic mass is 9.71. The summed E-state index contributed by atoms with van der Waals surface area (Å²) < 4.78 is 29.1. The first-order valence-corrected chi connectivity index (χ1v) is 8.41. The normalized spacial score (nSPS) is 14.9. The SMILES string of the molecule is COc1cc(C(=O)NC2(c3ccc(F)cc3)CCC2)cc(OC)c1OC. The van der Waals surface area contributed by atoms with Crippen molar-refractivity contribution in [2.45, 2.75) is 24.8 Å². The zero-order valence-electron chi connectivity index (χ0n) is 15.1. The molecule has 0 aliphatic heterocycles. The minimum absolute atomic E-state index is 0.242. The van der Waals surface area contributed by atoms with Crippen LogP contribution in [0.15, 0.2) is 36.4 Å². The first-order valence-electron chi connectivity index (χ1n) is 8.41. The predicted molar refractivity (Wildman–Crippen MR) is 95.5 cm³/mol. The van der Waals surface area contributed by atoms with Crippen LogP contribution in [0.3, 0.4) is 0 Å². The lowest BCUT2D eigenvalue weighted by molar-refractivity contribution is 0.0822. The molecule has 0 atom stereocenters. The van der Waals surface area contributed by atoms with Gasteiger partial charge in [0.1, 0.15) is 5.82 Å². The van der Waals surface area contributed by atoms with Gasteiger partial charge in [-0.05, 0) is 49.1 Å². The quantitative estimate of drug-likeness (QED) is 0.855. The highest BCUT2D eigenvalue weighted by molar-refractivity contribution is 5.96. The van der Waals surface area contributed by atoms with Crippen LogP contribution in [0.5, 0.6) is 17.2 Å². The van der Waals surface area contributed by atoms with Gasteiger partial charge >= 0.3 is 0 Å². The van der Waals surface area contributed by atoms with Crippen LogP contribution in [0.1, 0.15) is 35.2 Å². The Morgan fingerprint density at radius 2 is 1.58 bits per heavy atom. The third kappa shape index (κ3) is 3.19. The van der Waals surface area contributed by atoms with E-state index in [2.05, 4.69) is 5.32 Å². The lowest BCUT2D eigenvalue weighted by Gasteiger charge is -2.43. The molecule has 0 spiro atoms. The molecule has 1 amide bonds. The molecule has 2 aromatic carbocycles. The minimum Gasteiger partial charge on any atom is -0.493 e. The molecule has 0 aromatic heterocycles. The highest BCUT2D eigenvalue weighted by Gasteiger charge is 2.40. The summed E-state index contributed by atoms with van der Waals surface area (Å²) in [6.07, 6.45) is 2.64. The third-order valence-electron chi connectivity index (χ3n) is 4.88. The van der Waals surface area contributed by atoms with Gasteiger partial charge in [-0.3, -0.25) is 4.79 Å². The molecule has 26 heavy (non-hydrogen) atoms. The number of ether oxygens (including phenoxy) is 3. The summed E-state index contributed by atoms with van der Waals surface area (Å²) in [5.41, 5.74) is 0.851. The number of halogens is 1. The number of nitrogens with one attached hydrogen (secondary N) is 1. The zero-order valence-corrected chi connectivity index (χ0v) is 15.1. The van der Waals surface area contributed by atoms with Gasteiger partial charge in [-0.25, -0.2) is 4.39 Å². The topological polar surface area (TPSA) is 56.8 Å². The van der Waals surface area contributed by atoms with Crippen LogP contribution in [-0.4, -0.2) is 27.2 Å². The van der Waals surface area contributed by atoms with Gasteiger partial charge in [0.15, 0.2) is 11.5 Å². The van der Waals surface area contributed by atoms with Gasteiger partial charge in [0, 0.05) is 5.56 Å². The Morgan fingerprint density at radius 1 is 1.00 bits per heavy atom. The summed E-state index contributed by atoms with van der Waals surface area (Å²) in [6.45, 7) is 0. The van der Waals surface area contributed by atoms with Crippen LogP contribution in [0.2, 0.25) is 0 Å². The first-order chi connectivity index (χ1) is 12.5. The monoisotopic (exact) mass is 359 g/mol. The van der Waals surface area contributed by atoms with Crippen molar-refractivity contribution in [3.05, 3.63) is 53.3 Å². The van der Waals surface area contributed by atoms with E-state index in [0.29, 0.717) is 22.8 Å². The fourth-order valence-electron chi connectivity index (χ4n) is 3.29. The number of methoxy groups -OCH3 is 3. The second-order valence-corrected chi connectivity index (χ2v) is 6.31. The molecule has 5 nitrogen and oxygen atoms in total. The second-order valence-electron chi connectivity index (χ2n) is 6.31. The van der Waals surface area contributed by atoms with Crippen molar-refractivity contribution in [1.82, 2.24) is 5.32 Å². The van der Waals surface area contributed by atoms with E-state index in [-0.39, 0.29) is 11.7 Å². The molecule has 1 fully saturated rings. The molecular formula is C20H22FNO4. The maximum Gasteiger partial charge on any atom is 0.252 e. The van der Waals surface area contributed by atoms with E-state index >= 15 is 0 Å². The molecule has 3 rings (SSSR count). The Balaban J connectivity index is 1.90. The van der Waals surface area contributed by atoms with Crippen molar-refractivity contribution in [3.63, 3.8) is 0 Å². The summed E-state index contributed by atoms with van der Waals surface area (Å²) in [5, 5.41) is 3.11. The van der Waals surface area contributed by atoms with Crippen LogP contribution in [-0.2, 0) is 5.54 Å². The van der Waals surface area contributed by atoms with Crippen LogP contribution < -0.4 is 19.5 Å². The van der Waals surface area contributed by atoms with E-state index in [1.54, 1.807) is 24.3 Å². The van der Waals surface area contributed by atoms with Crippen LogP contribution in [0.25, 0.3) is 0 Å². The van der Waals surface area contributed by atoms with Crippen LogP contribution >= 0.6 is 0 Å². The van der Waals surface area contributed by atoms with Gasteiger partial charge in [0.2, 0.25) is 5.75 Å². The Kier molecular flexibility index (Phi) is 5.02. The number of carbonyl (C=O) groups is 1. The molecule has 0 radical (unpaired) electrons. The minimum atomic E-state index is -0.467. The molecule has 138 valence electrons. The molecule has 2 aromatic rings. The Morgan fingerprint density at radius 3 is 2.00 bits per heavy atom. The summed E-state index contributed by atoms with van der Waals surface area (Å²) in [5.74, 6) is 0.735. The van der Waals surface area contributed by atoms with Gasteiger partial charge in [0.05, 0.1) is 26.9 Å². The van der Waals surface area contributed by atoms with E-state index in [9.17, 15) is 9.18 Å². The van der Waals surface area contributed by atoms with Gasteiger partial charge < -0.3 is 19.5 Å². The summed E-state index contributed by atoms with van der Waals surface area (Å²) >= 11 is 0. The Labute approximate surface area is 152 Å². The predicted octanol–water partition coefficient (Wildman–Crippen LogP) is 3.66. The average molecular weight is 359 g/mol. The fraction of sp³-hybridized carbons (Fsp3) is 0.350. The van der Waals surface area contributed by atoms with Gasteiger partial charge in [0.25, 0.3) is 5.91 Å². The summed E-state index contributed by atoms with van der Waals surface area (Å²) in [7, 11) is 4.52. The second kappa shape index (κ2) is 7.23. The molecule has 0 saturated heterocycles. The van der Waals surface area contributed by atoms with Gasteiger partial charge in [-0.15, -0.1) is 0 Å². The van der Waals surface area contributed by atoms with Gasteiger partial charge in [-0.1, -0.05) is 12.1 Å². The maximum absolute atomic E-state index is 13.2. The summed E-state index contributed by atoms with van der Waals surface area (Å²) in [6, 6.07) is 9.53. The van der Waals surface area contributed by atoms with Crippen molar-refractivity contribution in [2.75, 3.05) is 21.3 Å². The molecule has 1 aliphatic carbocycles. The standard InChI is InChI=1S/C20H22FNO4/c1-24-16-11-13(12-17(25-2)18(16)26-3)19(23)22-20(9-4-10-20)14-5-7-15(21)8-6-14/h5-8,11-12H,4,9-10H2,1-3H3,(H,22,23). The molecule has 0 heterocycles. The number of hydrogen-bond donors (Lipinski definition) is 1. The van der Waals surface area contributed by atoms with Crippen molar-refractivity contribution in [2.24, 2.45) is 0 Å². The molecule has 6 heteroatoms. The molecule has 1 N–H and O–H groups in total. The lowest BCUT2D eigenvalue weighted by Crippen LogP contribution is -2.50. The van der Waals surface area contributed by atoms with E-state index in [1.807, 2.05) is 0 Å². The van der Waals surface area contributed by atoms with Crippen LogP contribution in [0, 0.1) is 5.82 Å². The number of rotatable bonds is 6. The van der Waals surface area contributed by atoms with Gasteiger partial charge in [-0.2, -0.15) is 0 Å². The van der Waals surface area contributed by atoms with Crippen molar-refractivity contribution in [3.8, 4) is 17.2 Å². The first kappa shape index (κ1) is 18.0. The summed E-state index contributed by atoms with van der Waals surface area (Å²) in [4.78, 5) is 12.9. The largest absolute Gasteiger partial charge is 0.493 e. The molecule has 0 bridgehead atoms. The molecule has 1 saturated carbocycles. The Hall–Kier alpha value is -2.76. The number of hydrogen-bond acceptors (Lipinski definition) is 4. The molecular weight excluding hydrogens is 337 g/mol. The number of carbonyl (C=O) groups excluding carboxylic acids is 1. The highest BCUT2D eigenvalue weighted by atomic mass is 19.1. The van der Waals surface area contributed by atoms with E-state index in [1.165, 1.54) is 33.5 Å². The van der Waals surface area contributed by atoms with E-state index < -0.39 is 5.54 Å². The van der Waals surface area contributed by atoms with Crippen LogP contribution in [0.4, 0.5) is 4.39 Å². The van der Waals surface area contributed by atoms with Crippen molar-refractivity contribution < 1.29 is 23.4 Å².